The number of hydrogen-bond donors (Lipinski definition) is 0. The second-order valence-corrected chi connectivity index (χ2v) is 7.83. The van der Waals surface area contributed by atoms with Crippen LogP contribution in [0.2, 0.25) is 0 Å². The summed E-state index contributed by atoms with van der Waals surface area (Å²) in [4.78, 5) is 4.17. The van der Waals surface area contributed by atoms with Crippen LogP contribution in [-0.2, 0) is 14.8 Å². The molecule has 1 aromatic rings. The Kier molecular flexibility index (Phi) is 5.17. The SMILES string of the molecule is COCCN(C(C)C1CC1)S(=O)(=O)c1cncc(Br)c1. The summed E-state index contributed by atoms with van der Waals surface area (Å²) in [5, 5.41) is 0. The summed E-state index contributed by atoms with van der Waals surface area (Å²) >= 11 is 3.26. The zero-order chi connectivity index (χ0) is 14.8. The van der Waals surface area contributed by atoms with E-state index in [4.69, 9.17) is 4.74 Å². The van der Waals surface area contributed by atoms with Crippen LogP contribution in [0.15, 0.2) is 27.8 Å². The third-order valence-corrected chi connectivity index (χ3v) is 5.95. The van der Waals surface area contributed by atoms with E-state index in [-0.39, 0.29) is 10.9 Å². The highest BCUT2D eigenvalue weighted by atomic mass is 79.9. The van der Waals surface area contributed by atoms with Gasteiger partial charge in [-0.15, -0.1) is 0 Å². The van der Waals surface area contributed by atoms with Crippen molar-refractivity contribution in [3.8, 4) is 0 Å². The van der Waals surface area contributed by atoms with Gasteiger partial charge in [0.1, 0.15) is 4.90 Å². The highest BCUT2D eigenvalue weighted by Gasteiger charge is 2.38. The zero-order valence-electron chi connectivity index (χ0n) is 11.6. The molecule has 20 heavy (non-hydrogen) atoms. The number of aromatic nitrogens is 1. The summed E-state index contributed by atoms with van der Waals surface area (Å²) in [6, 6.07) is 1.58. The smallest absolute Gasteiger partial charge is 0.244 e. The Morgan fingerprint density at radius 3 is 2.75 bits per heavy atom. The molecule has 2 rings (SSSR count). The molecule has 1 atom stereocenters. The van der Waals surface area contributed by atoms with Crippen LogP contribution in [0.25, 0.3) is 0 Å². The first-order chi connectivity index (χ1) is 9.46. The first-order valence-electron chi connectivity index (χ1n) is 6.58. The van der Waals surface area contributed by atoms with Crippen LogP contribution in [-0.4, -0.2) is 44.0 Å². The second-order valence-electron chi connectivity index (χ2n) is 5.03. The van der Waals surface area contributed by atoms with Crippen LogP contribution in [0.3, 0.4) is 0 Å². The second kappa shape index (κ2) is 6.51. The molecule has 0 N–H and O–H groups in total. The first kappa shape index (κ1) is 15.9. The molecule has 112 valence electrons. The molecule has 1 saturated carbocycles. The Hall–Kier alpha value is -0.500. The molecular formula is C13H19BrN2O3S. The summed E-state index contributed by atoms with van der Waals surface area (Å²) in [7, 11) is -1.96. The van der Waals surface area contributed by atoms with Gasteiger partial charge in [-0.1, -0.05) is 0 Å². The lowest BCUT2D eigenvalue weighted by molar-refractivity contribution is 0.164. The highest BCUT2D eigenvalue weighted by molar-refractivity contribution is 9.10. The summed E-state index contributed by atoms with van der Waals surface area (Å²) in [6.45, 7) is 2.72. The normalized spacial score (nSPS) is 17.4. The lowest BCUT2D eigenvalue weighted by atomic mass is 10.2. The summed E-state index contributed by atoms with van der Waals surface area (Å²) in [6.07, 6.45) is 5.15. The molecule has 5 nitrogen and oxygen atoms in total. The lowest BCUT2D eigenvalue weighted by Gasteiger charge is -2.28. The van der Waals surface area contributed by atoms with Crippen LogP contribution in [0.4, 0.5) is 0 Å². The molecule has 0 aliphatic heterocycles. The van der Waals surface area contributed by atoms with Gasteiger partial charge in [0.25, 0.3) is 0 Å². The quantitative estimate of drug-likeness (QED) is 0.746. The Labute approximate surface area is 128 Å². The van der Waals surface area contributed by atoms with E-state index in [9.17, 15) is 8.42 Å². The largest absolute Gasteiger partial charge is 0.383 e. The van der Waals surface area contributed by atoms with Crippen molar-refractivity contribution in [1.82, 2.24) is 9.29 Å². The van der Waals surface area contributed by atoms with E-state index in [2.05, 4.69) is 20.9 Å². The fourth-order valence-corrected chi connectivity index (χ4v) is 4.39. The maximum Gasteiger partial charge on any atom is 0.244 e. The molecule has 0 saturated heterocycles. The first-order valence-corrected chi connectivity index (χ1v) is 8.81. The van der Waals surface area contributed by atoms with E-state index >= 15 is 0 Å². The molecule has 1 fully saturated rings. The van der Waals surface area contributed by atoms with Gasteiger partial charge in [-0.3, -0.25) is 4.98 Å². The molecule has 0 amide bonds. The van der Waals surface area contributed by atoms with Gasteiger partial charge in [0.15, 0.2) is 0 Å². The van der Waals surface area contributed by atoms with Crippen molar-refractivity contribution < 1.29 is 13.2 Å². The van der Waals surface area contributed by atoms with Gasteiger partial charge in [0, 0.05) is 36.6 Å². The van der Waals surface area contributed by atoms with Gasteiger partial charge in [0.2, 0.25) is 10.0 Å². The lowest BCUT2D eigenvalue weighted by Crippen LogP contribution is -2.41. The molecule has 7 heteroatoms. The van der Waals surface area contributed by atoms with Crippen molar-refractivity contribution in [1.29, 1.82) is 0 Å². The van der Waals surface area contributed by atoms with Crippen LogP contribution < -0.4 is 0 Å². The van der Waals surface area contributed by atoms with E-state index in [1.165, 1.54) is 10.5 Å². The number of halogens is 1. The average Bonchev–Trinajstić information content (AvgIpc) is 3.23. The predicted molar refractivity (Wildman–Crippen MR) is 79.9 cm³/mol. The highest BCUT2D eigenvalue weighted by Crippen LogP contribution is 2.37. The van der Waals surface area contributed by atoms with E-state index < -0.39 is 10.0 Å². The zero-order valence-corrected chi connectivity index (χ0v) is 14.0. The van der Waals surface area contributed by atoms with E-state index in [0.717, 1.165) is 12.8 Å². The topological polar surface area (TPSA) is 59.5 Å². The molecule has 0 aromatic carbocycles. The van der Waals surface area contributed by atoms with Crippen molar-refractivity contribution in [2.24, 2.45) is 5.92 Å². The summed E-state index contributed by atoms with van der Waals surface area (Å²) in [5.74, 6) is 0.460. The maximum absolute atomic E-state index is 12.8. The molecule has 1 aliphatic carbocycles. The number of ether oxygens (including phenoxy) is 1. The maximum atomic E-state index is 12.8. The van der Waals surface area contributed by atoms with Crippen molar-refractivity contribution in [3.63, 3.8) is 0 Å². The minimum atomic E-state index is -3.54. The number of sulfonamides is 1. The number of hydrogen-bond acceptors (Lipinski definition) is 4. The van der Waals surface area contributed by atoms with Gasteiger partial charge >= 0.3 is 0 Å². The van der Waals surface area contributed by atoms with Gasteiger partial charge in [-0.2, -0.15) is 4.31 Å². The Morgan fingerprint density at radius 1 is 1.50 bits per heavy atom. The van der Waals surface area contributed by atoms with Crippen molar-refractivity contribution in [2.45, 2.75) is 30.7 Å². The molecule has 1 aliphatic rings. The van der Waals surface area contributed by atoms with E-state index in [1.807, 2.05) is 6.92 Å². The number of methoxy groups -OCH3 is 1. The summed E-state index contributed by atoms with van der Waals surface area (Å²) in [5.41, 5.74) is 0. The number of rotatable bonds is 7. The van der Waals surface area contributed by atoms with E-state index in [0.29, 0.717) is 23.5 Å². The summed E-state index contributed by atoms with van der Waals surface area (Å²) < 4.78 is 32.8. The van der Waals surface area contributed by atoms with Crippen LogP contribution in [0.5, 0.6) is 0 Å². The average molecular weight is 363 g/mol. The number of pyridine rings is 1. The minimum absolute atomic E-state index is 0.00543. The van der Waals surface area contributed by atoms with Crippen LogP contribution >= 0.6 is 15.9 Å². The van der Waals surface area contributed by atoms with Gasteiger partial charge in [0.05, 0.1) is 6.61 Å². The van der Waals surface area contributed by atoms with Gasteiger partial charge in [-0.25, -0.2) is 8.42 Å². The Morgan fingerprint density at radius 2 is 2.20 bits per heavy atom. The molecule has 0 spiro atoms. The van der Waals surface area contributed by atoms with Crippen molar-refractivity contribution >= 4 is 26.0 Å². The van der Waals surface area contributed by atoms with Crippen LogP contribution in [0, 0.1) is 5.92 Å². The van der Waals surface area contributed by atoms with Crippen molar-refractivity contribution in [3.05, 3.63) is 22.9 Å². The molecule has 1 aromatic heterocycles. The molecular weight excluding hydrogens is 344 g/mol. The third-order valence-electron chi connectivity index (χ3n) is 3.56. The predicted octanol–water partition coefficient (Wildman–Crippen LogP) is 2.28. The standard InChI is InChI=1S/C13H19BrN2O3S/c1-10(11-3-4-11)16(5-6-19-2)20(17,18)13-7-12(14)8-15-9-13/h7-11H,3-6H2,1-2H3. The Bertz CT molecular complexity index is 560. The third kappa shape index (κ3) is 3.58. The molecule has 0 radical (unpaired) electrons. The number of nitrogens with zero attached hydrogens (tertiary/aromatic N) is 2. The Balaban J connectivity index is 2.30. The van der Waals surface area contributed by atoms with Crippen LogP contribution in [0.1, 0.15) is 19.8 Å². The van der Waals surface area contributed by atoms with E-state index in [1.54, 1.807) is 19.4 Å². The monoisotopic (exact) mass is 362 g/mol. The van der Waals surface area contributed by atoms with Gasteiger partial charge in [-0.05, 0) is 47.7 Å². The van der Waals surface area contributed by atoms with Crippen molar-refractivity contribution in [2.75, 3.05) is 20.3 Å². The molecule has 1 heterocycles. The molecule has 0 bridgehead atoms. The van der Waals surface area contributed by atoms with Gasteiger partial charge < -0.3 is 4.74 Å². The fraction of sp³-hybridized carbons (Fsp3) is 0.615. The minimum Gasteiger partial charge on any atom is -0.383 e. The fourth-order valence-electron chi connectivity index (χ4n) is 2.21. The molecule has 1 unspecified atom stereocenters.